The minimum atomic E-state index is -0.0361. The van der Waals surface area contributed by atoms with E-state index in [1.807, 2.05) is 12.3 Å². The molecule has 1 amide bonds. The molecule has 140 valence electrons. The van der Waals surface area contributed by atoms with Crippen LogP contribution in [0.15, 0.2) is 54.4 Å². The molecule has 1 aromatic carbocycles. The van der Waals surface area contributed by atoms with Crippen molar-refractivity contribution in [3.63, 3.8) is 0 Å². The number of pyridine rings is 1. The summed E-state index contributed by atoms with van der Waals surface area (Å²) in [5.74, 6) is -0.0361. The molecule has 1 aliphatic carbocycles. The molecule has 0 fully saturated rings. The molecule has 2 aliphatic rings. The van der Waals surface area contributed by atoms with Crippen molar-refractivity contribution >= 4 is 17.3 Å². The number of carbonyl (C=O) groups excluding carboxylic acids is 1. The molecule has 0 spiro atoms. The summed E-state index contributed by atoms with van der Waals surface area (Å²) in [6.07, 6.45) is 14.0. The minimum Gasteiger partial charge on any atom is -0.352 e. The molecular formula is C23H27N3O. The number of anilines is 2. The maximum absolute atomic E-state index is 12.6. The van der Waals surface area contributed by atoms with Gasteiger partial charge in [-0.1, -0.05) is 29.8 Å². The number of carbonyl (C=O) groups is 1. The molecule has 4 nitrogen and oxygen atoms in total. The second kappa shape index (κ2) is 8.38. The average Bonchev–Trinajstić information content (AvgIpc) is 2.74. The summed E-state index contributed by atoms with van der Waals surface area (Å²) >= 11 is 0. The molecule has 2 aromatic rings. The first kappa shape index (κ1) is 17.8. The molecule has 0 radical (unpaired) electrons. The van der Waals surface area contributed by atoms with Gasteiger partial charge >= 0.3 is 0 Å². The highest BCUT2D eigenvalue weighted by Gasteiger charge is 2.19. The predicted octanol–water partition coefficient (Wildman–Crippen LogP) is 4.79. The van der Waals surface area contributed by atoms with Gasteiger partial charge in [0.25, 0.3) is 5.91 Å². The Hall–Kier alpha value is -2.62. The van der Waals surface area contributed by atoms with Gasteiger partial charge in [0, 0.05) is 25.0 Å². The fourth-order valence-electron chi connectivity index (χ4n) is 4.07. The zero-order valence-electron chi connectivity index (χ0n) is 15.8. The van der Waals surface area contributed by atoms with Gasteiger partial charge in [0.2, 0.25) is 0 Å². The fraction of sp³-hybridized carbons (Fsp3) is 0.391. The Kier molecular flexibility index (Phi) is 5.52. The van der Waals surface area contributed by atoms with E-state index in [2.05, 4.69) is 45.5 Å². The molecule has 0 saturated heterocycles. The second-order valence-electron chi connectivity index (χ2n) is 7.43. The minimum absolute atomic E-state index is 0.0361. The number of para-hydroxylation sites is 1. The molecule has 1 N–H and O–H groups in total. The van der Waals surface area contributed by atoms with Gasteiger partial charge in [-0.15, -0.1) is 0 Å². The first-order chi connectivity index (χ1) is 13.3. The monoisotopic (exact) mass is 361 g/mol. The molecule has 0 atom stereocenters. The molecule has 27 heavy (non-hydrogen) atoms. The SMILES string of the molecule is O=C(NCCC1=CCCCC1)c1cncc(N2CCCc3ccccc32)c1. The van der Waals surface area contributed by atoms with Crippen molar-refractivity contribution in [2.75, 3.05) is 18.0 Å². The number of nitrogens with one attached hydrogen (secondary N) is 1. The summed E-state index contributed by atoms with van der Waals surface area (Å²) < 4.78 is 0. The maximum Gasteiger partial charge on any atom is 0.252 e. The van der Waals surface area contributed by atoms with Crippen LogP contribution in [-0.2, 0) is 6.42 Å². The molecule has 0 saturated carbocycles. The third-order valence-corrected chi connectivity index (χ3v) is 5.52. The Morgan fingerprint density at radius 3 is 2.93 bits per heavy atom. The van der Waals surface area contributed by atoms with E-state index in [0.717, 1.165) is 31.5 Å². The van der Waals surface area contributed by atoms with E-state index in [-0.39, 0.29) is 5.91 Å². The van der Waals surface area contributed by atoms with Crippen molar-refractivity contribution in [2.24, 2.45) is 0 Å². The lowest BCUT2D eigenvalue weighted by molar-refractivity contribution is 0.0953. The maximum atomic E-state index is 12.6. The van der Waals surface area contributed by atoms with Crippen LogP contribution in [0.1, 0.15) is 54.4 Å². The summed E-state index contributed by atoms with van der Waals surface area (Å²) in [6.45, 7) is 1.65. The van der Waals surface area contributed by atoms with Crippen molar-refractivity contribution in [3.8, 4) is 0 Å². The van der Waals surface area contributed by atoms with E-state index in [1.165, 1.54) is 42.5 Å². The number of amides is 1. The number of fused-ring (bicyclic) bond motifs is 1. The van der Waals surface area contributed by atoms with Gasteiger partial charge in [0.05, 0.1) is 17.4 Å². The van der Waals surface area contributed by atoms with Gasteiger partial charge in [-0.25, -0.2) is 0 Å². The zero-order valence-corrected chi connectivity index (χ0v) is 15.8. The van der Waals surface area contributed by atoms with E-state index in [9.17, 15) is 4.79 Å². The molecule has 1 aliphatic heterocycles. The Bertz CT molecular complexity index is 843. The smallest absolute Gasteiger partial charge is 0.252 e. The topological polar surface area (TPSA) is 45.2 Å². The number of rotatable bonds is 5. The van der Waals surface area contributed by atoms with Crippen LogP contribution >= 0.6 is 0 Å². The summed E-state index contributed by atoms with van der Waals surface area (Å²) in [7, 11) is 0. The van der Waals surface area contributed by atoms with Gasteiger partial charge in [0.15, 0.2) is 0 Å². The van der Waals surface area contributed by atoms with Gasteiger partial charge in [-0.2, -0.15) is 0 Å². The number of nitrogens with zero attached hydrogens (tertiary/aromatic N) is 2. The van der Waals surface area contributed by atoms with Crippen LogP contribution in [0.5, 0.6) is 0 Å². The van der Waals surface area contributed by atoms with Crippen molar-refractivity contribution < 1.29 is 4.79 Å². The van der Waals surface area contributed by atoms with E-state index >= 15 is 0 Å². The van der Waals surface area contributed by atoms with E-state index in [0.29, 0.717) is 12.1 Å². The predicted molar refractivity (Wildman–Crippen MR) is 110 cm³/mol. The summed E-state index contributed by atoms with van der Waals surface area (Å²) in [4.78, 5) is 19.2. The number of benzene rings is 1. The Morgan fingerprint density at radius 1 is 1.11 bits per heavy atom. The highest BCUT2D eigenvalue weighted by Crippen LogP contribution is 2.33. The Morgan fingerprint density at radius 2 is 2.04 bits per heavy atom. The number of aryl methyl sites for hydroxylation is 1. The Balaban J connectivity index is 1.43. The lowest BCUT2D eigenvalue weighted by atomic mass is 9.97. The van der Waals surface area contributed by atoms with Crippen LogP contribution in [-0.4, -0.2) is 24.0 Å². The molecule has 0 bridgehead atoms. The van der Waals surface area contributed by atoms with Crippen LogP contribution < -0.4 is 10.2 Å². The third-order valence-electron chi connectivity index (χ3n) is 5.52. The first-order valence-electron chi connectivity index (χ1n) is 10.1. The number of allylic oxidation sites excluding steroid dienone is 1. The van der Waals surface area contributed by atoms with Crippen molar-refractivity contribution in [1.29, 1.82) is 0 Å². The van der Waals surface area contributed by atoms with E-state index in [4.69, 9.17) is 0 Å². The quantitative estimate of drug-likeness (QED) is 0.779. The molecule has 0 unspecified atom stereocenters. The average molecular weight is 361 g/mol. The molecule has 4 heteroatoms. The van der Waals surface area contributed by atoms with Crippen LogP contribution in [0, 0.1) is 0 Å². The Labute approximate surface area is 161 Å². The lowest BCUT2D eigenvalue weighted by Crippen LogP contribution is -2.27. The van der Waals surface area contributed by atoms with Crippen LogP contribution in [0.4, 0.5) is 11.4 Å². The second-order valence-corrected chi connectivity index (χ2v) is 7.43. The molecular weight excluding hydrogens is 334 g/mol. The van der Waals surface area contributed by atoms with Gasteiger partial charge in [0.1, 0.15) is 0 Å². The summed E-state index contributed by atoms with van der Waals surface area (Å²) in [6, 6.07) is 10.5. The summed E-state index contributed by atoms with van der Waals surface area (Å²) in [5, 5.41) is 3.06. The fourth-order valence-corrected chi connectivity index (χ4v) is 4.07. The number of hydrogen-bond donors (Lipinski definition) is 1. The normalized spacial score (nSPS) is 16.4. The number of hydrogen-bond acceptors (Lipinski definition) is 3. The highest BCUT2D eigenvalue weighted by atomic mass is 16.1. The molecule has 1 aromatic heterocycles. The van der Waals surface area contributed by atoms with Crippen molar-refractivity contribution in [3.05, 3.63) is 65.5 Å². The molecule has 2 heterocycles. The van der Waals surface area contributed by atoms with Crippen molar-refractivity contribution in [2.45, 2.75) is 44.9 Å². The third kappa shape index (κ3) is 4.21. The van der Waals surface area contributed by atoms with Gasteiger partial charge in [-0.3, -0.25) is 9.78 Å². The van der Waals surface area contributed by atoms with E-state index < -0.39 is 0 Å². The van der Waals surface area contributed by atoms with Crippen molar-refractivity contribution in [1.82, 2.24) is 10.3 Å². The first-order valence-corrected chi connectivity index (χ1v) is 10.1. The van der Waals surface area contributed by atoms with Crippen LogP contribution in [0.25, 0.3) is 0 Å². The zero-order chi connectivity index (χ0) is 18.5. The summed E-state index contributed by atoms with van der Waals surface area (Å²) in [5.41, 5.74) is 5.70. The lowest BCUT2D eigenvalue weighted by Gasteiger charge is -2.31. The van der Waals surface area contributed by atoms with Crippen LogP contribution in [0.2, 0.25) is 0 Å². The molecule has 4 rings (SSSR count). The van der Waals surface area contributed by atoms with Gasteiger partial charge in [-0.05, 0) is 62.6 Å². The largest absolute Gasteiger partial charge is 0.352 e. The highest BCUT2D eigenvalue weighted by molar-refractivity contribution is 5.95. The van der Waals surface area contributed by atoms with Gasteiger partial charge < -0.3 is 10.2 Å². The van der Waals surface area contributed by atoms with E-state index in [1.54, 1.807) is 6.20 Å². The van der Waals surface area contributed by atoms with Crippen LogP contribution in [0.3, 0.4) is 0 Å². The standard InChI is InChI=1S/C23H27N3O/c27-23(25-13-12-18-7-2-1-3-8-18)20-15-21(17-24-16-20)26-14-6-10-19-9-4-5-11-22(19)26/h4-5,7,9,11,15-17H,1-3,6,8,10,12-14H2,(H,25,27). The number of aromatic nitrogens is 1.